The Labute approximate surface area is 266 Å². The summed E-state index contributed by atoms with van der Waals surface area (Å²) in [6.07, 6.45) is -4.07. The lowest BCUT2D eigenvalue weighted by Gasteiger charge is -2.50. The number of amides is 1. The summed E-state index contributed by atoms with van der Waals surface area (Å²) in [5.41, 5.74) is -0.258. The van der Waals surface area contributed by atoms with Crippen LogP contribution in [0.3, 0.4) is 0 Å². The van der Waals surface area contributed by atoms with E-state index < -0.39 is 73.7 Å². The monoisotopic (exact) mass is 661 g/mol. The number of esters is 1. The molecule has 0 bridgehead atoms. The predicted molar refractivity (Wildman–Crippen MR) is 165 cm³/mol. The average Bonchev–Trinajstić information content (AvgIpc) is 2.97. The van der Waals surface area contributed by atoms with Crippen molar-refractivity contribution >= 4 is 37.7 Å². The molecule has 4 atom stereocenters. The maximum atomic E-state index is 13.3. The fourth-order valence-electron chi connectivity index (χ4n) is 5.58. The summed E-state index contributed by atoms with van der Waals surface area (Å²) in [4.78, 5) is 60.8. The number of aliphatic hydroxyl groups excluding tert-OH is 1. The Bertz CT molecular complexity index is 1440. The van der Waals surface area contributed by atoms with E-state index in [9.17, 15) is 39.7 Å². The molecule has 1 amide bonds. The van der Waals surface area contributed by atoms with Gasteiger partial charge >= 0.3 is 12.1 Å². The van der Waals surface area contributed by atoms with E-state index in [1.54, 1.807) is 6.07 Å². The van der Waals surface area contributed by atoms with Crippen LogP contribution in [0.15, 0.2) is 48.5 Å². The van der Waals surface area contributed by atoms with Gasteiger partial charge in [-0.2, -0.15) is 0 Å². The van der Waals surface area contributed by atoms with Gasteiger partial charge in [-0.1, -0.05) is 38.1 Å². The zero-order valence-corrected chi connectivity index (χ0v) is 27.3. The Morgan fingerprint density at radius 3 is 1.98 bits per heavy atom. The van der Waals surface area contributed by atoms with Crippen molar-refractivity contribution in [1.82, 2.24) is 4.90 Å². The quantitative estimate of drug-likeness (QED) is 0.0856. The second-order valence-electron chi connectivity index (χ2n) is 11.9. The van der Waals surface area contributed by atoms with Gasteiger partial charge in [-0.3, -0.25) is 25.0 Å². The van der Waals surface area contributed by atoms with Crippen LogP contribution in [0.2, 0.25) is 19.1 Å². The summed E-state index contributed by atoms with van der Waals surface area (Å²) in [5.74, 6) is -2.46. The Kier molecular flexibility index (Phi) is 12.3. The van der Waals surface area contributed by atoms with E-state index in [1.165, 1.54) is 49.4 Å². The lowest BCUT2D eigenvalue weighted by Crippen LogP contribution is -2.69. The molecule has 46 heavy (non-hydrogen) atoms. The van der Waals surface area contributed by atoms with Gasteiger partial charge in [0.15, 0.2) is 8.32 Å². The molecule has 16 heteroatoms. The van der Waals surface area contributed by atoms with Gasteiger partial charge in [0.25, 0.3) is 11.4 Å². The molecule has 0 saturated carbocycles. The number of carbonyl (C=O) groups excluding carboxylic acids is 3. The number of nitrogens with zero attached hydrogens (tertiary/aromatic N) is 3. The number of benzene rings is 2. The number of ether oxygens (including phenoxy) is 3. The summed E-state index contributed by atoms with van der Waals surface area (Å²) >= 11 is 0. The third-order valence-corrected chi connectivity index (χ3v) is 10.3. The normalized spacial score (nSPS) is 17.5. The minimum Gasteiger partial charge on any atom is -0.457 e. The van der Waals surface area contributed by atoms with E-state index in [1.807, 2.05) is 0 Å². The minimum absolute atomic E-state index is 0.101. The molecule has 3 rings (SSSR count). The first-order chi connectivity index (χ1) is 21.6. The van der Waals surface area contributed by atoms with Gasteiger partial charge in [0.2, 0.25) is 12.1 Å². The second kappa shape index (κ2) is 15.7. The molecule has 250 valence electrons. The van der Waals surface area contributed by atoms with Crippen molar-refractivity contribution in [3.05, 3.63) is 79.9 Å². The number of nitro benzene ring substituents is 2. The first kappa shape index (κ1) is 36.1. The smallest absolute Gasteiger partial charge is 0.457 e. The Balaban J connectivity index is 1.69. The van der Waals surface area contributed by atoms with E-state index in [-0.39, 0.29) is 35.5 Å². The third kappa shape index (κ3) is 9.31. The minimum atomic E-state index is -2.07. The number of rotatable bonds is 16. The number of hydrogen-bond donors (Lipinski definition) is 1. The molecular weight excluding hydrogens is 622 g/mol. The zero-order chi connectivity index (χ0) is 34.2. The fraction of sp³-hybridized carbons (Fsp3) is 0.500. The Morgan fingerprint density at radius 2 is 1.46 bits per heavy atom. The van der Waals surface area contributed by atoms with Gasteiger partial charge in [-0.25, -0.2) is 9.59 Å². The van der Waals surface area contributed by atoms with Crippen molar-refractivity contribution in [2.45, 2.75) is 77.9 Å². The summed E-state index contributed by atoms with van der Waals surface area (Å²) in [7, 11) is -2.07. The fourth-order valence-corrected chi connectivity index (χ4v) is 8.33. The molecule has 1 N–H and O–H groups in total. The Hall–Kier alpha value is -4.41. The molecule has 2 aromatic carbocycles. The molecule has 0 spiro atoms. The summed E-state index contributed by atoms with van der Waals surface area (Å²) in [6.45, 7) is 8.99. The molecule has 1 heterocycles. The predicted octanol–water partition coefficient (Wildman–Crippen LogP) is 4.70. The van der Waals surface area contributed by atoms with Gasteiger partial charge in [0.05, 0.1) is 32.9 Å². The number of nitro groups is 2. The second-order valence-corrected chi connectivity index (χ2v) is 16.2. The number of carbonyl (C=O) groups is 3. The average molecular weight is 662 g/mol. The van der Waals surface area contributed by atoms with Crippen molar-refractivity contribution in [1.29, 1.82) is 0 Å². The summed E-state index contributed by atoms with van der Waals surface area (Å²) in [5, 5.41) is 33.4. The highest BCUT2D eigenvalue weighted by atomic mass is 28.4. The van der Waals surface area contributed by atoms with E-state index in [4.69, 9.17) is 18.6 Å². The van der Waals surface area contributed by atoms with Crippen LogP contribution < -0.4 is 0 Å². The first-order valence-corrected chi connectivity index (χ1v) is 17.8. The van der Waals surface area contributed by atoms with Crippen molar-refractivity contribution in [3.8, 4) is 0 Å². The SMILES string of the molecule is CC(C)C[Si](C)(C)OCCC1C([C@H](C)OC(=O)OCc2ccccc2[N+](=O)[O-])C(=O)N1C(O)C(=O)OCc1ccccc1[N+](=O)[O-]. The topological polar surface area (TPSA) is 198 Å². The van der Waals surface area contributed by atoms with Gasteiger partial charge < -0.3 is 28.6 Å². The molecule has 0 radical (unpaired) electrons. The van der Waals surface area contributed by atoms with Gasteiger partial charge in [0.1, 0.15) is 19.3 Å². The molecule has 1 aliphatic heterocycles. The zero-order valence-electron chi connectivity index (χ0n) is 26.3. The van der Waals surface area contributed by atoms with Crippen molar-refractivity contribution in [2.24, 2.45) is 11.8 Å². The molecular formula is C30H39N3O12Si. The van der Waals surface area contributed by atoms with Gasteiger partial charge in [-0.15, -0.1) is 0 Å². The maximum Gasteiger partial charge on any atom is 0.508 e. The van der Waals surface area contributed by atoms with Crippen LogP contribution in [-0.2, 0) is 41.4 Å². The van der Waals surface area contributed by atoms with Gasteiger partial charge in [0, 0.05) is 18.7 Å². The lowest BCUT2D eigenvalue weighted by atomic mass is 9.81. The molecule has 3 unspecified atom stereocenters. The van der Waals surface area contributed by atoms with Crippen LogP contribution in [0.4, 0.5) is 16.2 Å². The van der Waals surface area contributed by atoms with Crippen LogP contribution in [0.5, 0.6) is 0 Å². The van der Waals surface area contributed by atoms with Crippen LogP contribution in [0.1, 0.15) is 38.3 Å². The lowest BCUT2D eigenvalue weighted by molar-refractivity contribution is -0.386. The van der Waals surface area contributed by atoms with Crippen LogP contribution in [0, 0.1) is 32.1 Å². The highest BCUT2D eigenvalue weighted by Gasteiger charge is 2.55. The molecule has 1 fully saturated rings. The summed E-state index contributed by atoms with van der Waals surface area (Å²) in [6, 6.07) is 11.4. The largest absolute Gasteiger partial charge is 0.508 e. The highest BCUT2D eigenvalue weighted by Crippen LogP contribution is 2.36. The number of β-lactam (4-membered cyclic amide) rings is 1. The van der Waals surface area contributed by atoms with Crippen LogP contribution in [0.25, 0.3) is 0 Å². The molecule has 1 saturated heterocycles. The first-order valence-electron chi connectivity index (χ1n) is 14.7. The number of hydrogen-bond acceptors (Lipinski definition) is 12. The number of para-hydroxylation sites is 2. The van der Waals surface area contributed by atoms with Crippen molar-refractivity contribution < 1.29 is 48.0 Å². The highest BCUT2D eigenvalue weighted by molar-refractivity contribution is 6.71. The van der Waals surface area contributed by atoms with E-state index in [0.717, 1.165) is 10.9 Å². The van der Waals surface area contributed by atoms with Crippen LogP contribution in [-0.4, -0.2) is 71.2 Å². The maximum absolute atomic E-state index is 13.3. The molecule has 2 aromatic rings. The molecule has 0 aromatic heterocycles. The molecule has 1 aliphatic rings. The van der Waals surface area contributed by atoms with Gasteiger partial charge in [-0.05, 0) is 50.5 Å². The van der Waals surface area contributed by atoms with E-state index >= 15 is 0 Å². The van der Waals surface area contributed by atoms with Crippen molar-refractivity contribution in [2.75, 3.05) is 6.61 Å². The molecule has 0 aliphatic carbocycles. The van der Waals surface area contributed by atoms with Crippen molar-refractivity contribution in [3.63, 3.8) is 0 Å². The van der Waals surface area contributed by atoms with E-state index in [0.29, 0.717) is 5.92 Å². The number of aliphatic hydroxyl groups is 1. The Morgan fingerprint density at radius 1 is 0.935 bits per heavy atom. The standard InChI is InChI=1S/C30H39N3O12Si/c1-19(2)18-46(4,5)44-15-14-25-26(20(3)45-30(37)43-17-22-11-7-9-13-24(22)33(40)41)27(34)31(25)28(35)29(36)42-16-21-10-6-8-12-23(21)32(38)39/h6-13,19-20,25-26,28,35H,14-18H2,1-5H3/t20-,25?,26?,28?/m0/s1. The third-order valence-electron chi connectivity index (χ3n) is 7.47. The van der Waals surface area contributed by atoms with Crippen LogP contribution >= 0.6 is 0 Å². The molecule has 15 nitrogen and oxygen atoms in total. The van der Waals surface area contributed by atoms with E-state index in [2.05, 4.69) is 26.9 Å². The summed E-state index contributed by atoms with van der Waals surface area (Å²) < 4.78 is 21.7. The number of likely N-dealkylation sites (tertiary alicyclic amines) is 1.